The number of aromatic nitrogens is 1. The van der Waals surface area contributed by atoms with Crippen LogP contribution in [-0.4, -0.2) is 17.3 Å². The molecule has 0 aliphatic heterocycles. The first-order valence-corrected chi connectivity index (χ1v) is 4.07. The summed E-state index contributed by atoms with van der Waals surface area (Å²) in [7, 11) is 1.08. The number of ether oxygens (including phenoxy) is 1. The summed E-state index contributed by atoms with van der Waals surface area (Å²) in [6.45, 7) is 0. The van der Waals surface area contributed by atoms with Gasteiger partial charge in [0, 0.05) is 0 Å². The molecule has 0 unspecified atom stereocenters. The summed E-state index contributed by atoms with van der Waals surface area (Å²) in [5.74, 6) is -1.72. The lowest BCUT2D eigenvalue weighted by atomic mass is 10.1. The normalized spacial score (nSPS) is 10.5. The molecule has 0 fully saturated rings. The van der Waals surface area contributed by atoms with Crippen molar-refractivity contribution in [3.05, 3.63) is 23.1 Å². The van der Waals surface area contributed by atoms with E-state index >= 15 is 0 Å². The molecule has 1 aromatic heterocycles. The number of methoxy groups -OCH3 is 1. The van der Waals surface area contributed by atoms with Gasteiger partial charge in [0.05, 0.1) is 24.4 Å². The van der Waals surface area contributed by atoms with Crippen LogP contribution < -0.4 is 4.74 Å². The molecule has 0 bridgehead atoms. The average Bonchev–Trinajstić information content (AvgIpc) is 2.16. The fourth-order valence-electron chi connectivity index (χ4n) is 1.05. The van der Waals surface area contributed by atoms with Gasteiger partial charge >= 0.3 is 0 Å². The van der Waals surface area contributed by atoms with Crippen molar-refractivity contribution in [3.63, 3.8) is 0 Å². The van der Waals surface area contributed by atoms with E-state index in [0.29, 0.717) is 6.20 Å². The van der Waals surface area contributed by atoms with Crippen molar-refractivity contribution in [3.8, 4) is 5.88 Å². The van der Waals surface area contributed by atoms with Gasteiger partial charge in [-0.1, -0.05) is 0 Å². The minimum absolute atomic E-state index is 0.518. The predicted molar refractivity (Wildman–Crippen MR) is 45.9 cm³/mol. The van der Waals surface area contributed by atoms with E-state index in [9.17, 15) is 18.0 Å². The van der Waals surface area contributed by atoms with Gasteiger partial charge in [-0.25, -0.2) is 18.2 Å². The number of pyridine rings is 1. The van der Waals surface area contributed by atoms with Crippen LogP contribution in [0.3, 0.4) is 0 Å². The van der Waals surface area contributed by atoms with Crippen LogP contribution in [-0.2, 0) is 0 Å². The van der Waals surface area contributed by atoms with Crippen molar-refractivity contribution in [1.29, 1.82) is 0 Å². The molecule has 0 aliphatic carbocycles. The quantitative estimate of drug-likeness (QED) is 0.761. The fraction of sp³-hybridized carbons (Fsp3) is 0.250. The van der Waals surface area contributed by atoms with E-state index in [1.807, 2.05) is 0 Å². The van der Waals surface area contributed by atoms with Crippen LogP contribution in [0.15, 0.2) is 6.20 Å². The SMILES string of the molecule is COc1ncc(F)c(C(=O)Cl)c1C(F)F. The molecule has 1 aromatic rings. The van der Waals surface area contributed by atoms with E-state index in [1.165, 1.54) is 0 Å². The molecule has 1 heterocycles. The Morgan fingerprint density at radius 2 is 2.20 bits per heavy atom. The summed E-state index contributed by atoms with van der Waals surface area (Å²) in [4.78, 5) is 14.0. The second kappa shape index (κ2) is 4.48. The van der Waals surface area contributed by atoms with Gasteiger partial charge in [-0.05, 0) is 11.6 Å². The number of rotatable bonds is 3. The lowest BCUT2D eigenvalue weighted by molar-refractivity contribution is 0.105. The number of hydrogen-bond acceptors (Lipinski definition) is 3. The van der Waals surface area contributed by atoms with Crippen molar-refractivity contribution < 1.29 is 22.7 Å². The monoisotopic (exact) mass is 239 g/mol. The molecule has 0 spiro atoms. The molecule has 0 aromatic carbocycles. The maximum atomic E-state index is 13.0. The third-order valence-corrected chi connectivity index (χ3v) is 1.83. The highest BCUT2D eigenvalue weighted by molar-refractivity contribution is 6.68. The van der Waals surface area contributed by atoms with Crippen molar-refractivity contribution in [2.45, 2.75) is 6.43 Å². The first-order chi connectivity index (χ1) is 6.99. The summed E-state index contributed by atoms with van der Waals surface area (Å²) in [5.41, 5.74) is -1.84. The van der Waals surface area contributed by atoms with Gasteiger partial charge in [-0.3, -0.25) is 4.79 Å². The minimum atomic E-state index is -3.10. The van der Waals surface area contributed by atoms with Crippen LogP contribution in [0.2, 0.25) is 0 Å². The smallest absolute Gasteiger partial charge is 0.269 e. The Bertz CT molecular complexity index is 398. The Balaban J connectivity index is 3.51. The Hall–Kier alpha value is -1.30. The molecule has 0 N–H and O–H groups in total. The van der Waals surface area contributed by atoms with Gasteiger partial charge in [0.2, 0.25) is 5.88 Å². The Kier molecular flexibility index (Phi) is 3.52. The second-order valence-corrected chi connectivity index (χ2v) is 2.82. The van der Waals surface area contributed by atoms with Crippen molar-refractivity contribution in [2.24, 2.45) is 0 Å². The molecule has 0 radical (unpaired) electrons. The number of carbonyl (C=O) groups is 1. The van der Waals surface area contributed by atoms with E-state index in [0.717, 1.165) is 7.11 Å². The predicted octanol–water partition coefficient (Wildman–Crippen LogP) is 2.55. The summed E-state index contributed by atoms with van der Waals surface area (Å²) in [5, 5.41) is -1.32. The number of alkyl halides is 2. The van der Waals surface area contributed by atoms with E-state index in [1.54, 1.807) is 0 Å². The Morgan fingerprint density at radius 3 is 2.60 bits per heavy atom. The van der Waals surface area contributed by atoms with Crippen LogP contribution in [0.25, 0.3) is 0 Å². The summed E-state index contributed by atoms with van der Waals surface area (Å²) in [6.07, 6.45) is -2.50. The van der Waals surface area contributed by atoms with Gasteiger partial charge in [-0.15, -0.1) is 0 Å². The summed E-state index contributed by atoms with van der Waals surface area (Å²) in [6, 6.07) is 0. The van der Waals surface area contributed by atoms with Crippen LogP contribution in [0.4, 0.5) is 13.2 Å². The number of halogens is 4. The molecule has 0 saturated carbocycles. The molecular formula is C8H5ClF3NO2. The van der Waals surface area contributed by atoms with E-state index < -0.39 is 34.5 Å². The highest BCUT2D eigenvalue weighted by atomic mass is 35.5. The van der Waals surface area contributed by atoms with Gasteiger partial charge in [0.1, 0.15) is 0 Å². The first-order valence-electron chi connectivity index (χ1n) is 3.69. The number of carbonyl (C=O) groups excluding carboxylic acids is 1. The first kappa shape index (κ1) is 11.8. The van der Waals surface area contributed by atoms with Crippen LogP contribution >= 0.6 is 11.6 Å². The standard InChI is InChI=1S/C8H5ClF3NO2/c1-15-8-5(7(11)12)4(6(9)14)3(10)2-13-8/h2,7H,1H3. The zero-order valence-electron chi connectivity index (χ0n) is 7.43. The van der Waals surface area contributed by atoms with Crippen LogP contribution in [0.1, 0.15) is 22.3 Å². The average molecular weight is 240 g/mol. The number of nitrogens with zero attached hydrogens (tertiary/aromatic N) is 1. The Morgan fingerprint density at radius 1 is 1.60 bits per heavy atom. The zero-order chi connectivity index (χ0) is 11.6. The van der Waals surface area contributed by atoms with Gasteiger partial charge in [-0.2, -0.15) is 0 Å². The fourth-order valence-corrected chi connectivity index (χ4v) is 1.24. The third kappa shape index (κ3) is 2.20. The van der Waals surface area contributed by atoms with Gasteiger partial charge in [0.15, 0.2) is 5.82 Å². The molecule has 0 saturated heterocycles. The van der Waals surface area contributed by atoms with Gasteiger partial charge < -0.3 is 4.74 Å². The van der Waals surface area contributed by atoms with E-state index in [2.05, 4.69) is 9.72 Å². The minimum Gasteiger partial charge on any atom is -0.481 e. The lowest BCUT2D eigenvalue weighted by Crippen LogP contribution is -2.06. The van der Waals surface area contributed by atoms with E-state index in [-0.39, 0.29) is 0 Å². The molecule has 0 aliphatic rings. The van der Waals surface area contributed by atoms with Crippen LogP contribution in [0.5, 0.6) is 5.88 Å². The molecule has 82 valence electrons. The molecule has 15 heavy (non-hydrogen) atoms. The molecule has 3 nitrogen and oxygen atoms in total. The maximum Gasteiger partial charge on any atom is 0.269 e. The molecular weight excluding hydrogens is 235 g/mol. The maximum absolute atomic E-state index is 13.0. The second-order valence-electron chi connectivity index (χ2n) is 2.48. The topological polar surface area (TPSA) is 39.2 Å². The molecule has 0 atom stereocenters. The zero-order valence-corrected chi connectivity index (χ0v) is 8.19. The summed E-state index contributed by atoms with van der Waals surface area (Å²) >= 11 is 4.99. The van der Waals surface area contributed by atoms with E-state index in [4.69, 9.17) is 11.6 Å². The summed E-state index contributed by atoms with van der Waals surface area (Å²) < 4.78 is 42.5. The highest BCUT2D eigenvalue weighted by Crippen LogP contribution is 2.32. The van der Waals surface area contributed by atoms with Crippen molar-refractivity contribution in [2.75, 3.05) is 7.11 Å². The van der Waals surface area contributed by atoms with Crippen LogP contribution in [0, 0.1) is 5.82 Å². The largest absolute Gasteiger partial charge is 0.481 e. The Labute approximate surface area is 87.8 Å². The molecule has 7 heteroatoms. The van der Waals surface area contributed by atoms with Crippen molar-refractivity contribution in [1.82, 2.24) is 4.98 Å². The molecule has 1 rings (SSSR count). The van der Waals surface area contributed by atoms with Gasteiger partial charge in [0.25, 0.3) is 11.7 Å². The number of hydrogen-bond donors (Lipinski definition) is 0. The highest BCUT2D eigenvalue weighted by Gasteiger charge is 2.26. The van der Waals surface area contributed by atoms with Crippen molar-refractivity contribution >= 4 is 16.8 Å². The third-order valence-electron chi connectivity index (χ3n) is 1.64. The lowest BCUT2D eigenvalue weighted by Gasteiger charge is -2.09. The molecule has 0 amide bonds.